The molecular weight excluding hydrogens is 326 g/mol. The molecule has 1 aliphatic heterocycles. The Kier molecular flexibility index (Phi) is 5.82. The van der Waals surface area contributed by atoms with E-state index in [1.807, 2.05) is 18.2 Å². The average molecular weight is 344 g/mol. The SMILES string of the molecule is COCCNCc1cc(OC2CCOC2=O)ccc1Br. The minimum Gasteiger partial charge on any atom is -0.479 e. The van der Waals surface area contributed by atoms with Crippen molar-refractivity contribution in [2.24, 2.45) is 0 Å². The third kappa shape index (κ3) is 4.19. The molecule has 1 aromatic rings. The average Bonchev–Trinajstić information content (AvgIpc) is 2.84. The monoisotopic (exact) mass is 343 g/mol. The topological polar surface area (TPSA) is 56.8 Å². The van der Waals surface area contributed by atoms with Gasteiger partial charge in [0.25, 0.3) is 0 Å². The number of hydrogen-bond acceptors (Lipinski definition) is 5. The lowest BCUT2D eigenvalue weighted by Crippen LogP contribution is -2.22. The molecule has 1 N–H and O–H groups in total. The van der Waals surface area contributed by atoms with Crippen molar-refractivity contribution >= 4 is 21.9 Å². The molecule has 0 bridgehead atoms. The van der Waals surface area contributed by atoms with Gasteiger partial charge in [-0.15, -0.1) is 0 Å². The van der Waals surface area contributed by atoms with Crippen molar-refractivity contribution in [3.05, 3.63) is 28.2 Å². The highest BCUT2D eigenvalue weighted by Gasteiger charge is 2.28. The van der Waals surface area contributed by atoms with Gasteiger partial charge in [0.2, 0.25) is 0 Å². The smallest absolute Gasteiger partial charge is 0.347 e. The number of esters is 1. The maximum absolute atomic E-state index is 11.4. The minimum atomic E-state index is -0.481. The molecule has 1 unspecified atom stereocenters. The zero-order valence-electron chi connectivity index (χ0n) is 11.4. The second-order valence-corrected chi connectivity index (χ2v) is 5.34. The number of halogens is 1. The van der Waals surface area contributed by atoms with Crippen LogP contribution >= 0.6 is 15.9 Å². The molecule has 6 heteroatoms. The van der Waals surface area contributed by atoms with E-state index in [1.54, 1.807) is 7.11 Å². The number of cyclic esters (lactones) is 1. The summed E-state index contributed by atoms with van der Waals surface area (Å²) in [5, 5.41) is 3.27. The minimum absolute atomic E-state index is 0.285. The fraction of sp³-hybridized carbons (Fsp3) is 0.500. The Morgan fingerprint density at radius 1 is 1.50 bits per heavy atom. The molecule has 0 radical (unpaired) electrons. The molecule has 0 amide bonds. The molecule has 110 valence electrons. The van der Waals surface area contributed by atoms with Gasteiger partial charge in [0.1, 0.15) is 5.75 Å². The zero-order chi connectivity index (χ0) is 14.4. The molecule has 1 fully saturated rings. The molecule has 0 saturated carbocycles. The van der Waals surface area contributed by atoms with E-state index < -0.39 is 6.10 Å². The second kappa shape index (κ2) is 7.61. The first-order valence-electron chi connectivity index (χ1n) is 6.52. The summed E-state index contributed by atoms with van der Waals surface area (Å²) < 4.78 is 16.5. The van der Waals surface area contributed by atoms with Gasteiger partial charge in [-0.25, -0.2) is 4.79 Å². The number of methoxy groups -OCH3 is 1. The fourth-order valence-electron chi connectivity index (χ4n) is 1.91. The van der Waals surface area contributed by atoms with E-state index >= 15 is 0 Å². The molecule has 0 spiro atoms. The predicted molar refractivity (Wildman–Crippen MR) is 77.7 cm³/mol. The standard InChI is InChI=1S/C14H18BrNO4/c1-18-7-5-16-9-10-8-11(2-3-12(10)15)20-13-4-6-19-14(13)17/h2-3,8,13,16H,4-7,9H2,1H3. The molecular formula is C14H18BrNO4. The van der Waals surface area contributed by atoms with Gasteiger partial charge in [-0.3, -0.25) is 0 Å². The first kappa shape index (κ1) is 15.3. The van der Waals surface area contributed by atoms with E-state index in [9.17, 15) is 4.79 Å². The van der Waals surface area contributed by atoms with Gasteiger partial charge in [-0.1, -0.05) is 15.9 Å². The van der Waals surface area contributed by atoms with Gasteiger partial charge in [0.15, 0.2) is 6.10 Å². The Hall–Kier alpha value is -1.11. The molecule has 0 aliphatic carbocycles. The highest BCUT2D eigenvalue weighted by atomic mass is 79.9. The van der Waals surface area contributed by atoms with E-state index in [0.29, 0.717) is 31.9 Å². The quantitative estimate of drug-likeness (QED) is 0.605. The third-order valence-corrected chi connectivity index (χ3v) is 3.75. The van der Waals surface area contributed by atoms with Crippen LogP contribution in [-0.4, -0.2) is 38.9 Å². The Morgan fingerprint density at radius 2 is 2.35 bits per heavy atom. The van der Waals surface area contributed by atoms with Crippen LogP contribution in [0.1, 0.15) is 12.0 Å². The zero-order valence-corrected chi connectivity index (χ0v) is 12.9. The lowest BCUT2D eigenvalue weighted by Gasteiger charge is -2.13. The lowest BCUT2D eigenvalue weighted by atomic mass is 10.2. The van der Waals surface area contributed by atoms with E-state index in [4.69, 9.17) is 14.2 Å². The Morgan fingerprint density at radius 3 is 3.05 bits per heavy atom. The second-order valence-electron chi connectivity index (χ2n) is 4.49. The molecule has 5 nitrogen and oxygen atoms in total. The number of carbonyl (C=O) groups is 1. The van der Waals surface area contributed by atoms with Gasteiger partial charge in [-0.2, -0.15) is 0 Å². The molecule has 2 rings (SSSR count). The van der Waals surface area contributed by atoms with Gasteiger partial charge in [0, 0.05) is 31.1 Å². The van der Waals surface area contributed by atoms with Crippen LogP contribution in [0.2, 0.25) is 0 Å². The summed E-state index contributed by atoms with van der Waals surface area (Å²) in [6, 6.07) is 5.69. The number of benzene rings is 1. The predicted octanol–water partition coefficient (Wildman–Crippen LogP) is 1.88. The third-order valence-electron chi connectivity index (χ3n) is 2.98. The summed E-state index contributed by atoms with van der Waals surface area (Å²) in [6.45, 7) is 2.59. The molecule has 1 aliphatic rings. The Bertz CT molecular complexity index is 466. The normalized spacial score (nSPS) is 18.1. The fourth-order valence-corrected chi connectivity index (χ4v) is 2.29. The van der Waals surface area contributed by atoms with Crippen molar-refractivity contribution in [1.29, 1.82) is 0 Å². The van der Waals surface area contributed by atoms with Crippen LogP contribution in [0.4, 0.5) is 0 Å². The highest BCUT2D eigenvalue weighted by Crippen LogP contribution is 2.24. The van der Waals surface area contributed by atoms with E-state index in [1.165, 1.54) is 0 Å². The van der Waals surface area contributed by atoms with Crippen LogP contribution in [0, 0.1) is 0 Å². The molecule has 1 heterocycles. The van der Waals surface area contributed by atoms with Crippen molar-refractivity contribution in [2.75, 3.05) is 26.9 Å². The summed E-state index contributed by atoms with van der Waals surface area (Å²) in [4.78, 5) is 11.4. The van der Waals surface area contributed by atoms with Crippen molar-refractivity contribution in [3.63, 3.8) is 0 Å². The van der Waals surface area contributed by atoms with E-state index in [2.05, 4.69) is 21.2 Å². The van der Waals surface area contributed by atoms with Crippen LogP contribution in [-0.2, 0) is 20.8 Å². The van der Waals surface area contributed by atoms with Gasteiger partial charge >= 0.3 is 5.97 Å². The summed E-state index contributed by atoms with van der Waals surface area (Å²) in [6.07, 6.45) is 0.126. The van der Waals surface area contributed by atoms with E-state index in [-0.39, 0.29) is 5.97 Å². The number of hydrogen-bond donors (Lipinski definition) is 1. The first-order chi connectivity index (χ1) is 9.70. The van der Waals surface area contributed by atoms with E-state index in [0.717, 1.165) is 16.6 Å². The molecule has 1 aromatic carbocycles. The van der Waals surface area contributed by atoms with Crippen LogP contribution in [0.25, 0.3) is 0 Å². The van der Waals surface area contributed by atoms with Gasteiger partial charge in [-0.05, 0) is 23.8 Å². The van der Waals surface area contributed by atoms with Crippen molar-refractivity contribution in [1.82, 2.24) is 5.32 Å². The number of nitrogens with one attached hydrogen (secondary N) is 1. The highest BCUT2D eigenvalue weighted by molar-refractivity contribution is 9.10. The molecule has 20 heavy (non-hydrogen) atoms. The number of ether oxygens (including phenoxy) is 3. The summed E-state index contributed by atoms with van der Waals surface area (Å²) in [5.41, 5.74) is 1.07. The Balaban J connectivity index is 1.95. The van der Waals surface area contributed by atoms with Crippen molar-refractivity contribution in [3.8, 4) is 5.75 Å². The summed E-state index contributed by atoms with van der Waals surface area (Å²) in [7, 11) is 1.67. The van der Waals surface area contributed by atoms with Gasteiger partial charge in [0.05, 0.1) is 13.2 Å². The number of rotatable bonds is 7. The van der Waals surface area contributed by atoms with Crippen LogP contribution in [0.3, 0.4) is 0 Å². The number of carbonyl (C=O) groups excluding carboxylic acids is 1. The van der Waals surface area contributed by atoms with Gasteiger partial charge < -0.3 is 19.5 Å². The largest absolute Gasteiger partial charge is 0.479 e. The van der Waals surface area contributed by atoms with Crippen LogP contribution in [0.15, 0.2) is 22.7 Å². The maximum Gasteiger partial charge on any atom is 0.347 e. The Labute approximate surface area is 126 Å². The van der Waals surface area contributed by atoms with Crippen LogP contribution < -0.4 is 10.1 Å². The maximum atomic E-state index is 11.4. The lowest BCUT2D eigenvalue weighted by molar-refractivity contribution is -0.143. The van der Waals surface area contributed by atoms with Crippen molar-refractivity contribution in [2.45, 2.75) is 19.1 Å². The molecule has 1 saturated heterocycles. The molecule has 0 aromatic heterocycles. The molecule has 1 atom stereocenters. The summed E-state index contributed by atoms with van der Waals surface area (Å²) >= 11 is 3.51. The van der Waals surface area contributed by atoms with Crippen LogP contribution in [0.5, 0.6) is 5.75 Å². The summed E-state index contributed by atoms with van der Waals surface area (Å²) in [5.74, 6) is 0.397. The van der Waals surface area contributed by atoms with Crippen molar-refractivity contribution < 1.29 is 19.0 Å². The first-order valence-corrected chi connectivity index (χ1v) is 7.31.